The number of nitrogens with two attached hydrogens (primary N) is 1. The predicted octanol–water partition coefficient (Wildman–Crippen LogP) is 2.35. The van der Waals surface area contributed by atoms with Crippen LogP contribution in [0.5, 0.6) is 0 Å². The second kappa shape index (κ2) is 4.35. The van der Waals surface area contributed by atoms with Crippen LogP contribution < -0.4 is 5.73 Å². The third-order valence-corrected chi connectivity index (χ3v) is 3.62. The average molecular weight is 208 g/mol. The Balaban J connectivity index is 2.07. The van der Waals surface area contributed by atoms with E-state index in [1.807, 2.05) is 13.8 Å². The first-order valence-electron chi connectivity index (χ1n) is 5.86. The number of rotatable bonds is 2. The molecule has 0 aromatic carbocycles. The Hall–Kier alpha value is -0.830. The minimum atomic E-state index is 0.368. The Bertz CT molecular complexity index is 313. The summed E-state index contributed by atoms with van der Waals surface area (Å²) < 4.78 is 5.18. The fourth-order valence-corrected chi connectivity index (χ4v) is 2.55. The summed E-state index contributed by atoms with van der Waals surface area (Å²) in [7, 11) is 0. The van der Waals surface area contributed by atoms with Gasteiger partial charge in [-0.2, -0.15) is 0 Å². The molecule has 1 aromatic heterocycles. The smallest absolute Gasteiger partial charge is 0.137 e. The molecule has 84 valence electrons. The average Bonchev–Trinajstić information content (AvgIpc) is 2.53. The van der Waals surface area contributed by atoms with Gasteiger partial charge in [0.15, 0.2) is 0 Å². The first-order valence-corrected chi connectivity index (χ1v) is 5.86. The highest BCUT2D eigenvalue weighted by Crippen LogP contribution is 2.28. The fourth-order valence-electron chi connectivity index (χ4n) is 2.55. The highest BCUT2D eigenvalue weighted by atomic mass is 16.5. The van der Waals surface area contributed by atoms with Crippen LogP contribution in [0.4, 0.5) is 0 Å². The largest absolute Gasteiger partial charge is 0.361 e. The molecule has 0 aliphatic heterocycles. The quantitative estimate of drug-likeness (QED) is 0.811. The van der Waals surface area contributed by atoms with E-state index in [1.54, 1.807) is 0 Å². The van der Waals surface area contributed by atoms with E-state index >= 15 is 0 Å². The van der Waals surface area contributed by atoms with Gasteiger partial charge in [-0.1, -0.05) is 18.0 Å². The van der Waals surface area contributed by atoms with Crippen molar-refractivity contribution in [3.05, 3.63) is 17.0 Å². The van der Waals surface area contributed by atoms with Crippen LogP contribution in [0.2, 0.25) is 0 Å². The molecule has 0 saturated heterocycles. The van der Waals surface area contributed by atoms with Gasteiger partial charge in [0, 0.05) is 11.6 Å². The van der Waals surface area contributed by atoms with Crippen molar-refractivity contribution in [2.24, 2.45) is 11.7 Å². The van der Waals surface area contributed by atoms with Crippen molar-refractivity contribution in [3.63, 3.8) is 0 Å². The monoisotopic (exact) mass is 208 g/mol. The SMILES string of the molecule is Cc1noc(C)c1CC1CCCCC1N. The highest BCUT2D eigenvalue weighted by Gasteiger charge is 2.24. The van der Waals surface area contributed by atoms with E-state index in [1.165, 1.54) is 31.2 Å². The van der Waals surface area contributed by atoms with Gasteiger partial charge in [0.25, 0.3) is 0 Å². The summed E-state index contributed by atoms with van der Waals surface area (Å²) in [5.74, 6) is 1.58. The first kappa shape index (κ1) is 10.7. The fraction of sp³-hybridized carbons (Fsp3) is 0.750. The van der Waals surface area contributed by atoms with Gasteiger partial charge in [0.2, 0.25) is 0 Å². The standard InChI is InChI=1S/C12H20N2O/c1-8-11(9(2)15-14-8)7-10-5-3-4-6-12(10)13/h10,12H,3-7,13H2,1-2H3. The van der Waals surface area contributed by atoms with Crippen LogP contribution in [0.1, 0.15) is 42.7 Å². The summed E-state index contributed by atoms with van der Waals surface area (Å²) in [5, 5.41) is 3.99. The Kier molecular flexibility index (Phi) is 3.10. The second-order valence-corrected chi connectivity index (χ2v) is 4.72. The lowest BCUT2D eigenvalue weighted by molar-refractivity contribution is 0.304. The summed E-state index contributed by atoms with van der Waals surface area (Å²) in [6.45, 7) is 4.00. The molecule has 2 unspecified atom stereocenters. The van der Waals surface area contributed by atoms with Gasteiger partial charge in [0.05, 0.1) is 5.69 Å². The topological polar surface area (TPSA) is 52.0 Å². The molecule has 3 nitrogen and oxygen atoms in total. The molecule has 1 fully saturated rings. The number of aryl methyl sites for hydroxylation is 2. The maximum Gasteiger partial charge on any atom is 0.137 e. The number of nitrogens with zero attached hydrogens (tertiary/aromatic N) is 1. The maximum absolute atomic E-state index is 6.14. The molecule has 3 heteroatoms. The highest BCUT2D eigenvalue weighted by molar-refractivity contribution is 5.21. The van der Waals surface area contributed by atoms with Crippen molar-refractivity contribution in [1.82, 2.24) is 5.16 Å². The van der Waals surface area contributed by atoms with Gasteiger partial charge in [0.1, 0.15) is 5.76 Å². The number of aromatic nitrogens is 1. The van der Waals surface area contributed by atoms with Crippen LogP contribution in [0.25, 0.3) is 0 Å². The molecule has 0 spiro atoms. The lowest BCUT2D eigenvalue weighted by atomic mass is 9.81. The summed E-state index contributed by atoms with van der Waals surface area (Å²) in [5.41, 5.74) is 8.45. The summed E-state index contributed by atoms with van der Waals surface area (Å²) in [6.07, 6.45) is 6.09. The number of hydrogen-bond donors (Lipinski definition) is 1. The Labute approximate surface area is 91.0 Å². The van der Waals surface area contributed by atoms with E-state index < -0.39 is 0 Å². The van der Waals surface area contributed by atoms with Crippen LogP contribution >= 0.6 is 0 Å². The molecule has 1 saturated carbocycles. The van der Waals surface area contributed by atoms with Crippen molar-refractivity contribution in [2.75, 3.05) is 0 Å². The van der Waals surface area contributed by atoms with Gasteiger partial charge < -0.3 is 10.3 Å². The van der Waals surface area contributed by atoms with Gasteiger partial charge in [-0.25, -0.2) is 0 Å². The third-order valence-electron chi connectivity index (χ3n) is 3.62. The minimum absolute atomic E-state index is 0.368. The molecular formula is C12H20N2O. The Morgan fingerprint density at radius 1 is 1.33 bits per heavy atom. The first-order chi connectivity index (χ1) is 7.18. The lowest BCUT2D eigenvalue weighted by Gasteiger charge is -2.28. The zero-order valence-electron chi connectivity index (χ0n) is 9.62. The summed E-state index contributed by atoms with van der Waals surface area (Å²) >= 11 is 0. The zero-order chi connectivity index (χ0) is 10.8. The molecule has 2 atom stereocenters. The molecule has 2 rings (SSSR count). The Morgan fingerprint density at radius 2 is 2.07 bits per heavy atom. The summed E-state index contributed by atoms with van der Waals surface area (Å²) in [6, 6.07) is 0.368. The van der Waals surface area contributed by atoms with Gasteiger partial charge in [-0.05, 0) is 39.0 Å². The lowest BCUT2D eigenvalue weighted by Crippen LogP contribution is -2.34. The molecule has 1 aliphatic rings. The summed E-state index contributed by atoms with van der Waals surface area (Å²) in [4.78, 5) is 0. The predicted molar refractivity (Wildman–Crippen MR) is 59.6 cm³/mol. The molecule has 0 bridgehead atoms. The van der Waals surface area contributed by atoms with Gasteiger partial charge in [-0.3, -0.25) is 0 Å². The minimum Gasteiger partial charge on any atom is -0.361 e. The van der Waals surface area contributed by atoms with E-state index in [9.17, 15) is 0 Å². The maximum atomic E-state index is 6.14. The normalized spacial score (nSPS) is 26.9. The van der Waals surface area contributed by atoms with Crippen LogP contribution in [0.3, 0.4) is 0 Å². The molecule has 0 radical (unpaired) electrons. The van der Waals surface area contributed by atoms with Crippen molar-refractivity contribution >= 4 is 0 Å². The van der Waals surface area contributed by atoms with E-state index in [4.69, 9.17) is 10.3 Å². The third kappa shape index (κ3) is 2.23. The van der Waals surface area contributed by atoms with E-state index in [-0.39, 0.29) is 0 Å². The van der Waals surface area contributed by atoms with Gasteiger partial charge in [-0.15, -0.1) is 0 Å². The van der Waals surface area contributed by atoms with Crippen LogP contribution in [0.15, 0.2) is 4.52 Å². The molecule has 1 aromatic rings. The van der Waals surface area contributed by atoms with Crippen LogP contribution in [-0.4, -0.2) is 11.2 Å². The van der Waals surface area contributed by atoms with Crippen molar-refractivity contribution in [2.45, 2.75) is 52.0 Å². The molecule has 1 heterocycles. The second-order valence-electron chi connectivity index (χ2n) is 4.72. The van der Waals surface area contributed by atoms with Crippen molar-refractivity contribution in [3.8, 4) is 0 Å². The number of hydrogen-bond acceptors (Lipinski definition) is 3. The molecule has 0 amide bonds. The van der Waals surface area contributed by atoms with Gasteiger partial charge >= 0.3 is 0 Å². The van der Waals surface area contributed by atoms with E-state index in [0.29, 0.717) is 12.0 Å². The van der Waals surface area contributed by atoms with E-state index in [0.717, 1.165) is 17.9 Å². The van der Waals surface area contributed by atoms with Crippen LogP contribution in [-0.2, 0) is 6.42 Å². The van der Waals surface area contributed by atoms with Crippen molar-refractivity contribution in [1.29, 1.82) is 0 Å². The zero-order valence-corrected chi connectivity index (χ0v) is 9.62. The van der Waals surface area contributed by atoms with Crippen LogP contribution in [0, 0.1) is 19.8 Å². The molecule has 1 aliphatic carbocycles. The molecule has 2 N–H and O–H groups in total. The molecule has 15 heavy (non-hydrogen) atoms. The Morgan fingerprint density at radius 3 is 2.67 bits per heavy atom. The van der Waals surface area contributed by atoms with E-state index in [2.05, 4.69) is 5.16 Å². The van der Waals surface area contributed by atoms with Crippen molar-refractivity contribution < 1.29 is 4.52 Å². The molecular weight excluding hydrogens is 188 g/mol.